The van der Waals surface area contributed by atoms with Crippen molar-refractivity contribution in [1.82, 2.24) is 10.6 Å². The minimum atomic E-state index is -0.0412. The monoisotopic (exact) mass is 198 g/mol. The average Bonchev–Trinajstić information content (AvgIpc) is 2.59. The quantitative estimate of drug-likeness (QED) is 0.673. The van der Waals surface area contributed by atoms with Gasteiger partial charge < -0.3 is 15.4 Å². The number of hydrogen-bond donors (Lipinski definition) is 2. The molecule has 1 saturated carbocycles. The van der Waals surface area contributed by atoms with Gasteiger partial charge in [0.1, 0.15) is 0 Å². The zero-order valence-electron chi connectivity index (χ0n) is 8.58. The Morgan fingerprint density at radius 1 is 1.50 bits per heavy atom. The molecule has 1 aliphatic carbocycles. The summed E-state index contributed by atoms with van der Waals surface area (Å²) in [4.78, 5) is 11.7. The van der Waals surface area contributed by atoms with Crippen LogP contribution < -0.4 is 10.6 Å². The van der Waals surface area contributed by atoms with Crippen molar-refractivity contribution >= 4 is 5.91 Å². The molecule has 1 amide bonds. The van der Waals surface area contributed by atoms with Gasteiger partial charge in [-0.3, -0.25) is 4.79 Å². The first kappa shape index (κ1) is 9.93. The van der Waals surface area contributed by atoms with Crippen LogP contribution in [0.15, 0.2) is 0 Å². The van der Waals surface area contributed by atoms with Crippen LogP contribution >= 0.6 is 0 Å². The minimum Gasteiger partial charge on any atom is -0.380 e. The fourth-order valence-electron chi connectivity index (χ4n) is 1.94. The Balaban J connectivity index is 1.74. The zero-order chi connectivity index (χ0) is 9.97. The first-order chi connectivity index (χ1) is 6.79. The summed E-state index contributed by atoms with van der Waals surface area (Å²) in [7, 11) is 1.69. The molecule has 2 rings (SSSR count). The van der Waals surface area contributed by atoms with Crippen LogP contribution in [0.25, 0.3) is 0 Å². The van der Waals surface area contributed by atoms with Crippen molar-refractivity contribution in [2.24, 2.45) is 0 Å². The van der Waals surface area contributed by atoms with Crippen LogP contribution in [0.4, 0.5) is 0 Å². The maximum Gasteiger partial charge on any atom is 0.237 e. The standard InChI is InChI=1S/C10H18N2O2/c1-14-8-5-9(11-6-8)10(13)12-7-3-2-4-7/h7-9,11H,2-6H2,1H3,(H,12,13)/t8-,9-/m0/s1. The van der Waals surface area contributed by atoms with Crippen LogP contribution in [0.2, 0.25) is 0 Å². The Morgan fingerprint density at radius 3 is 2.79 bits per heavy atom. The van der Waals surface area contributed by atoms with Gasteiger partial charge in [0.25, 0.3) is 0 Å². The van der Waals surface area contributed by atoms with Gasteiger partial charge in [-0.15, -0.1) is 0 Å². The van der Waals surface area contributed by atoms with Crippen molar-refractivity contribution < 1.29 is 9.53 Å². The number of hydrogen-bond acceptors (Lipinski definition) is 3. The molecule has 2 N–H and O–H groups in total. The summed E-state index contributed by atoms with van der Waals surface area (Å²) in [5, 5.41) is 6.22. The van der Waals surface area contributed by atoms with Gasteiger partial charge in [0.15, 0.2) is 0 Å². The van der Waals surface area contributed by atoms with Crippen molar-refractivity contribution in [3.05, 3.63) is 0 Å². The number of amides is 1. The first-order valence-electron chi connectivity index (χ1n) is 5.36. The summed E-state index contributed by atoms with van der Waals surface area (Å²) in [6.45, 7) is 0.791. The largest absolute Gasteiger partial charge is 0.380 e. The van der Waals surface area contributed by atoms with Crippen LogP contribution in [-0.2, 0) is 9.53 Å². The average molecular weight is 198 g/mol. The van der Waals surface area contributed by atoms with Gasteiger partial charge in [0, 0.05) is 19.7 Å². The fourth-order valence-corrected chi connectivity index (χ4v) is 1.94. The molecular weight excluding hydrogens is 180 g/mol. The molecule has 2 fully saturated rings. The van der Waals surface area contributed by atoms with Crippen molar-refractivity contribution in [3.63, 3.8) is 0 Å². The smallest absolute Gasteiger partial charge is 0.237 e. The summed E-state index contributed by atoms with van der Waals surface area (Å²) in [6.07, 6.45) is 4.55. The molecule has 4 heteroatoms. The highest BCUT2D eigenvalue weighted by Crippen LogP contribution is 2.19. The van der Waals surface area contributed by atoms with Crippen LogP contribution in [0, 0.1) is 0 Å². The Kier molecular flexibility index (Phi) is 3.03. The molecule has 80 valence electrons. The third-order valence-electron chi connectivity index (χ3n) is 3.19. The topological polar surface area (TPSA) is 50.4 Å². The molecular formula is C10H18N2O2. The van der Waals surface area contributed by atoms with E-state index in [-0.39, 0.29) is 18.1 Å². The lowest BCUT2D eigenvalue weighted by molar-refractivity contribution is -0.124. The molecule has 4 nitrogen and oxygen atoms in total. The lowest BCUT2D eigenvalue weighted by atomic mass is 9.93. The summed E-state index contributed by atoms with van der Waals surface area (Å²) in [5.41, 5.74) is 0. The molecule has 0 aromatic rings. The molecule has 0 spiro atoms. The maximum atomic E-state index is 11.7. The lowest BCUT2D eigenvalue weighted by Crippen LogP contribution is -2.47. The van der Waals surface area contributed by atoms with Crippen LogP contribution in [0.5, 0.6) is 0 Å². The third-order valence-corrected chi connectivity index (χ3v) is 3.19. The fraction of sp³-hybridized carbons (Fsp3) is 0.900. The number of carbonyl (C=O) groups excluding carboxylic acids is 1. The van der Waals surface area contributed by atoms with Gasteiger partial charge in [-0.05, 0) is 25.7 Å². The number of methoxy groups -OCH3 is 1. The van der Waals surface area contributed by atoms with Crippen molar-refractivity contribution in [1.29, 1.82) is 0 Å². The van der Waals surface area contributed by atoms with E-state index in [1.807, 2.05) is 0 Å². The summed E-state index contributed by atoms with van der Waals surface area (Å²) in [5.74, 6) is 0.147. The third kappa shape index (κ3) is 2.07. The Labute approximate surface area is 84.4 Å². The lowest BCUT2D eigenvalue weighted by Gasteiger charge is -2.27. The number of nitrogens with one attached hydrogen (secondary N) is 2. The van der Waals surface area contributed by atoms with Crippen LogP contribution in [0.1, 0.15) is 25.7 Å². The molecule has 1 aliphatic heterocycles. The van der Waals surface area contributed by atoms with Gasteiger partial charge in [-0.2, -0.15) is 0 Å². The normalized spacial score (nSPS) is 32.6. The van der Waals surface area contributed by atoms with E-state index in [9.17, 15) is 4.79 Å². The molecule has 14 heavy (non-hydrogen) atoms. The van der Waals surface area contributed by atoms with Crippen molar-refractivity contribution in [2.45, 2.75) is 43.9 Å². The highest BCUT2D eigenvalue weighted by atomic mass is 16.5. The van der Waals surface area contributed by atoms with E-state index in [1.165, 1.54) is 6.42 Å². The number of carbonyl (C=O) groups is 1. The van der Waals surface area contributed by atoms with Gasteiger partial charge in [0.2, 0.25) is 5.91 Å². The minimum absolute atomic E-state index is 0.0412. The summed E-state index contributed by atoms with van der Waals surface area (Å²) in [6, 6.07) is 0.395. The zero-order valence-corrected chi connectivity index (χ0v) is 8.58. The van der Waals surface area contributed by atoms with Crippen molar-refractivity contribution in [2.75, 3.05) is 13.7 Å². The van der Waals surface area contributed by atoms with Gasteiger partial charge in [-0.25, -0.2) is 0 Å². The van der Waals surface area contributed by atoms with E-state index in [0.717, 1.165) is 25.8 Å². The van der Waals surface area contributed by atoms with Crippen LogP contribution in [-0.4, -0.2) is 37.7 Å². The second-order valence-electron chi connectivity index (χ2n) is 4.19. The Bertz CT molecular complexity index is 216. The first-order valence-corrected chi connectivity index (χ1v) is 5.36. The predicted molar refractivity (Wildman–Crippen MR) is 53.0 cm³/mol. The predicted octanol–water partition coefficient (Wildman–Crippen LogP) is 0.0320. The van der Waals surface area contributed by atoms with E-state index < -0.39 is 0 Å². The van der Waals surface area contributed by atoms with Gasteiger partial charge in [-0.1, -0.05) is 0 Å². The molecule has 2 aliphatic rings. The highest BCUT2D eigenvalue weighted by Gasteiger charge is 2.31. The van der Waals surface area contributed by atoms with Crippen LogP contribution in [0.3, 0.4) is 0 Å². The SMILES string of the molecule is CO[C@@H]1CN[C@H](C(=O)NC2CCC2)C1. The second kappa shape index (κ2) is 4.28. The van der Waals surface area contributed by atoms with E-state index >= 15 is 0 Å². The van der Waals surface area contributed by atoms with Gasteiger partial charge >= 0.3 is 0 Å². The summed E-state index contributed by atoms with van der Waals surface area (Å²) >= 11 is 0. The molecule has 0 unspecified atom stereocenters. The second-order valence-corrected chi connectivity index (χ2v) is 4.19. The van der Waals surface area contributed by atoms with Crippen molar-refractivity contribution in [3.8, 4) is 0 Å². The van der Waals surface area contributed by atoms with E-state index in [4.69, 9.17) is 4.74 Å². The van der Waals surface area contributed by atoms with E-state index in [2.05, 4.69) is 10.6 Å². The molecule has 0 radical (unpaired) electrons. The van der Waals surface area contributed by atoms with E-state index in [0.29, 0.717) is 6.04 Å². The molecule has 0 bridgehead atoms. The molecule has 0 aromatic carbocycles. The Morgan fingerprint density at radius 2 is 2.29 bits per heavy atom. The Hall–Kier alpha value is -0.610. The molecule has 2 atom stereocenters. The summed E-state index contributed by atoms with van der Waals surface area (Å²) < 4.78 is 5.19. The van der Waals surface area contributed by atoms with E-state index in [1.54, 1.807) is 7.11 Å². The highest BCUT2D eigenvalue weighted by molar-refractivity contribution is 5.82. The number of rotatable bonds is 3. The molecule has 1 heterocycles. The number of ether oxygens (including phenoxy) is 1. The van der Waals surface area contributed by atoms with Gasteiger partial charge in [0.05, 0.1) is 12.1 Å². The molecule has 1 saturated heterocycles. The molecule has 0 aromatic heterocycles. The maximum absolute atomic E-state index is 11.7.